The summed E-state index contributed by atoms with van der Waals surface area (Å²) in [6.07, 6.45) is 8.30. The molecule has 1 aliphatic heterocycles. The number of nitrogens with zero attached hydrogens (tertiary/aromatic N) is 2. The Hall–Kier alpha value is -3.74. The second kappa shape index (κ2) is 9.63. The van der Waals surface area contributed by atoms with Crippen LogP contribution in [0.2, 0.25) is 0 Å². The van der Waals surface area contributed by atoms with E-state index in [1.165, 1.54) is 12.4 Å². The molecule has 7 nitrogen and oxygen atoms in total. The van der Waals surface area contributed by atoms with Crippen LogP contribution < -0.4 is 9.47 Å². The van der Waals surface area contributed by atoms with Crippen molar-refractivity contribution in [1.82, 2.24) is 9.97 Å². The van der Waals surface area contributed by atoms with Crippen LogP contribution in [0.15, 0.2) is 49.1 Å². The van der Waals surface area contributed by atoms with Crippen molar-refractivity contribution in [3.63, 3.8) is 0 Å². The van der Waals surface area contributed by atoms with E-state index in [2.05, 4.69) is 9.97 Å². The minimum Gasteiger partial charge on any atom is -0.487 e. The number of ether oxygens (including phenoxy) is 3. The summed E-state index contributed by atoms with van der Waals surface area (Å²) in [5, 5.41) is 0. The van der Waals surface area contributed by atoms with Gasteiger partial charge < -0.3 is 14.2 Å². The van der Waals surface area contributed by atoms with Crippen LogP contribution in [-0.2, 0) is 11.2 Å². The lowest BCUT2D eigenvalue weighted by molar-refractivity contribution is 0.0177. The van der Waals surface area contributed by atoms with E-state index in [-0.39, 0.29) is 6.61 Å². The van der Waals surface area contributed by atoms with Crippen molar-refractivity contribution < 1.29 is 23.8 Å². The zero-order valence-electron chi connectivity index (χ0n) is 19.9. The van der Waals surface area contributed by atoms with Crippen LogP contribution in [0.3, 0.4) is 0 Å². The maximum atomic E-state index is 12.6. The number of carbonyl (C=O) groups excluding carboxylic acids is 2. The largest absolute Gasteiger partial charge is 0.487 e. The van der Waals surface area contributed by atoms with E-state index in [4.69, 9.17) is 14.2 Å². The van der Waals surface area contributed by atoms with Crippen LogP contribution in [-0.4, -0.2) is 34.1 Å². The summed E-state index contributed by atoms with van der Waals surface area (Å²) in [6, 6.07) is 6.77. The van der Waals surface area contributed by atoms with Gasteiger partial charge in [-0.1, -0.05) is 0 Å². The van der Waals surface area contributed by atoms with Crippen molar-refractivity contribution in [3.8, 4) is 11.5 Å². The first kappa shape index (κ1) is 23.4. The van der Waals surface area contributed by atoms with Crippen LogP contribution in [0.5, 0.6) is 11.5 Å². The summed E-state index contributed by atoms with van der Waals surface area (Å²) in [4.78, 5) is 32.8. The van der Waals surface area contributed by atoms with Gasteiger partial charge in [0, 0.05) is 36.8 Å². The number of carbonyl (C=O) groups is 2. The fourth-order valence-electron chi connectivity index (χ4n) is 4.17. The molecule has 0 aliphatic carbocycles. The molecule has 0 spiro atoms. The normalized spacial score (nSPS) is 16.8. The number of hydrogen-bond acceptors (Lipinski definition) is 7. The van der Waals surface area contributed by atoms with Gasteiger partial charge in [0.05, 0.1) is 17.7 Å². The number of rotatable bonds is 6. The zero-order chi connectivity index (χ0) is 24.3. The molecule has 176 valence electrons. The molecule has 1 unspecified atom stereocenters. The smallest absolute Gasteiger partial charge is 0.345 e. The zero-order valence-corrected chi connectivity index (χ0v) is 19.9. The predicted molar refractivity (Wildman–Crippen MR) is 126 cm³/mol. The molecule has 34 heavy (non-hydrogen) atoms. The molecular weight excluding hydrogens is 432 g/mol. The molecule has 3 aromatic rings. The second-order valence-electron chi connectivity index (χ2n) is 8.82. The van der Waals surface area contributed by atoms with Gasteiger partial charge in [0.25, 0.3) is 0 Å². The molecule has 0 radical (unpaired) electrons. The Labute approximate surface area is 199 Å². The van der Waals surface area contributed by atoms with E-state index >= 15 is 0 Å². The molecular formula is C27H28N2O5. The van der Waals surface area contributed by atoms with Crippen LogP contribution in [0.25, 0.3) is 0 Å². The second-order valence-corrected chi connectivity index (χ2v) is 8.82. The molecule has 0 amide bonds. The fourth-order valence-corrected chi connectivity index (χ4v) is 4.17. The monoisotopic (exact) mass is 460 g/mol. The van der Waals surface area contributed by atoms with E-state index < -0.39 is 17.5 Å². The van der Waals surface area contributed by atoms with Crippen molar-refractivity contribution in [2.45, 2.75) is 52.6 Å². The maximum Gasteiger partial charge on any atom is 0.345 e. The Bertz CT molecular complexity index is 1210. The Morgan fingerprint density at radius 1 is 0.971 bits per heavy atom. The summed E-state index contributed by atoms with van der Waals surface area (Å²) in [6.45, 7) is 8.15. The van der Waals surface area contributed by atoms with E-state index in [0.29, 0.717) is 23.3 Å². The van der Waals surface area contributed by atoms with E-state index in [1.54, 1.807) is 36.7 Å². The topological polar surface area (TPSA) is 87.6 Å². The number of fused-ring (bicyclic) bond motifs is 1. The summed E-state index contributed by atoms with van der Waals surface area (Å²) in [5.74, 6) is 0.567. The third-order valence-electron chi connectivity index (χ3n) is 6.42. The third-order valence-corrected chi connectivity index (χ3v) is 6.42. The van der Waals surface area contributed by atoms with Gasteiger partial charge in [0.2, 0.25) is 0 Å². The Morgan fingerprint density at radius 3 is 2.24 bits per heavy atom. The number of aromatic nitrogens is 2. The van der Waals surface area contributed by atoms with Gasteiger partial charge in [0.1, 0.15) is 17.1 Å². The SMILES string of the molecule is Cc1c(C)c2c(c(C)c1OC(=O)c1cccnc1)CCC(C)(CCOC(=O)c1cccnc1)O2. The molecule has 3 heterocycles. The summed E-state index contributed by atoms with van der Waals surface area (Å²) in [7, 11) is 0. The molecule has 1 aliphatic rings. The highest BCUT2D eigenvalue weighted by Gasteiger charge is 2.35. The Balaban J connectivity index is 1.48. The first-order valence-corrected chi connectivity index (χ1v) is 11.3. The quantitative estimate of drug-likeness (QED) is 0.380. The Morgan fingerprint density at radius 2 is 1.62 bits per heavy atom. The van der Waals surface area contributed by atoms with Gasteiger partial charge in [-0.25, -0.2) is 9.59 Å². The highest BCUT2D eigenvalue weighted by molar-refractivity contribution is 5.91. The van der Waals surface area contributed by atoms with Crippen molar-refractivity contribution in [2.75, 3.05) is 6.61 Å². The van der Waals surface area contributed by atoms with Gasteiger partial charge in [-0.2, -0.15) is 0 Å². The molecule has 2 aromatic heterocycles. The van der Waals surface area contributed by atoms with Crippen molar-refractivity contribution in [1.29, 1.82) is 0 Å². The number of esters is 2. The van der Waals surface area contributed by atoms with Gasteiger partial charge >= 0.3 is 11.9 Å². The molecule has 0 fully saturated rings. The number of pyridine rings is 2. The average molecular weight is 461 g/mol. The minimum absolute atomic E-state index is 0.247. The first-order chi connectivity index (χ1) is 16.3. The predicted octanol–water partition coefficient (Wildman–Crippen LogP) is 4.95. The molecule has 0 saturated carbocycles. The molecule has 0 bridgehead atoms. The van der Waals surface area contributed by atoms with Crippen LogP contribution in [0.1, 0.15) is 62.7 Å². The lowest BCUT2D eigenvalue weighted by atomic mass is 9.85. The van der Waals surface area contributed by atoms with Gasteiger partial charge in [0.15, 0.2) is 0 Å². The highest BCUT2D eigenvalue weighted by Crippen LogP contribution is 2.44. The van der Waals surface area contributed by atoms with Gasteiger partial charge in [-0.3, -0.25) is 9.97 Å². The Kier molecular flexibility index (Phi) is 6.63. The maximum absolute atomic E-state index is 12.6. The van der Waals surface area contributed by atoms with Gasteiger partial charge in [-0.15, -0.1) is 0 Å². The number of benzene rings is 1. The van der Waals surface area contributed by atoms with Crippen molar-refractivity contribution in [2.24, 2.45) is 0 Å². The molecule has 1 aromatic carbocycles. The van der Waals surface area contributed by atoms with Gasteiger partial charge in [-0.05, 0) is 81.5 Å². The molecule has 1 atom stereocenters. The summed E-state index contributed by atoms with van der Waals surface area (Å²) >= 11 is 0. The fraction of sp³-hybridized carbons (Fsp3) is 0.333. The van der Waals surface area contributed by atoms with E-state index in [9.17, 15) is 9.59 Å². The highest BCUT2D eigenvalue weighted by atomic mass is 16.5. The van der Waals surface area contributed by atoms with E-state index in [1.807, 2.05) is 27.7 Å². The van der Waals surface area contributed by atoms with E-state index in [0.717, 1.165) is 40.8 Å². The van der Waals surface area contributed by atoms with Crippen LogP contribution >= 0.6 is 0 Å². The number of hydrogen-bond donors (Lipinski definition) is 0. The minimum atomic E-state index is -0.472. The standard InChI is InChI=1S/C27H28N2O5/c1-17-18(2)24-22(19(3)23(17)33-26(31)21-8-6-13-29-16-21)9-10-27(4,34-24)11-14-32-25(30)20-7-5-12-28-15-20/h5-8,12-13,15-16H,9-11,14H2,1-4H3. The molecule has 0 saturated heterocycles. The van der Waals surface area contributed by atoms with Crippen molar-refractivity contribution in [3.05, 3.63) is 82.4 Å². The molecule has 7 heteroatoms. The lowest BCUT2D eigenvalue weighted by Crippen LogP contribution is -2.38. The average Bonchev–Trinajstić information content (AvgIpc) is 2.86. The lowest BCUT2D eigenvalue weighted by Gasteiger charge is -2.38. The summed E-state index contributed by atoms with van der Waals surface area (Å²) in [5.41, 5.74) is 4.11. The summed E-state index contributed by atoms with van der Waals surface area (Å²) < 4.78 is 17.7. The van der Waals surface area contributed by atoms with Crippen LogP contribution in [0, 0.1) is 20.8 Å². The van der Waals surface area contributed by atoms with Crippen LogP contribution in [0.4, 0.5) is 0 Å². The molecule has 0 N–H and O–H groups in total. The molecule has 4 rings (SSSR count). The third kappa shape index (κ3) is 4.78. The van der Waals surface area contributed by atoms with Crippen molar-refractivity contribution >= 4 is 11.9 Å². The first-order valence-electron chi connectivity index (χ1n) is 11.3.